The molecule has 0 aliphatic carbocycles. The molecule has 5 heteroatoms. The van der Waals surface area contributed by atoms with Gasteiger partial charge in [0, 0.05) is 13.1 Å². The highest BCUT2D eigenvalue weighted by Crippen LogP contribution is 2.25. The SMILES string of the molecule is CC1CN(C(C)c2ccc(C(=O)O)o2)CC(C)O1. The van der Waals surface area contributed by atoms with Crippen LogP contribution in [-0.2, 0) is 4.74 Å². The second kappa shape index (κ2) is 5.12. The number of aromatic carboxylic acids is 1. The Balaban J connectivity index is 2.09. The van der Waals surface area contributed by atoms with Gasteiger partial charge in [-0.2, -0.15) is 0 Å². The smallest absolute Gasteiger partial charge is 0.371 e. The summed E-state index contributed by atoms with van der Waals surface area (Å²) in [5, 5.41) is 8.85. The molecule has 18 heavy (non-hydrogen) atoms. The molecular formula is C13H19NO4. The lowest BCUT2D eigenvalue weighted by Crippen LogP contribution is -2.46. The molecule has 1 aromatic heterocycles. The van der Waals surface area contributed by atoms with Crippen molar-refractivity contribution in [1.82, 2.24) is 4.90 Å². The van der Waals surface area contributed by atoms with Crippen molar-refractivity contribution >= 4 is 5.97 Å². The average molecular weight is 253 g/mol. The van der Waals surface area contributed by atoms with Crippen LogP contribution >= 0.6 is 0 Å². The summed E-state index contributed by atoms with van der Waals surface area (Å²) >= 11 is 0. The molecule has 0 aromatic carbocycles. The number of hydrogen-bond donors (Lipinski definition) is 1. The number of carbonyl (C=O) groups is 1. The van der Waals surface area contributed by atoms with Gasteiger partial charge in [-0.15, -0.1) is 0 Å². The van der Waals surface area contributed by atoms with Crippen molar-refractivity contribution in [2.24, 2.45) is 0 Å². The lowest BCUT2D eigenvalue weighted by atomic mass is 10.1. The van der Waals surface area contributed by atoms with Gasteiger partial charge in [0.15, 0.2) is 0 Å². The van der Waals surface area contributed by atoms with Crippen molar-refractivity contribution in [2.45, 2.75) is 39.0 Å². The number of carboxylic acid groups (broad SMARTS) is 1. The summed E-state index contributed by atoms with van der Waals surface area (Å²) in [6.45, 7) is 7.76. The fourth-order valence-corrected chi connectivity index (χ4v) is 2.41. The molecule has 1 N–H and O–H groups in total. The Morgan fingerprint density at radius 3 is 2.50 bits per heavy atom. The van der Waals surface area contributed by atoms with Crippen molar-refractivity contribution in [1.29, 1.82) is 0 Å². The first-order chi connectivity index (χ1) is 8.47. The molecule has 0 bridgehead atoms. The molecule has 1 aliphatic rings. The van der Waals surface area contributed by atoms with Crippen LogP contribution in [0.1, 0.15) is 43.1 Å². The second-order valence-electron chi connectivity index (χ2n) is 4.89. The van der Waals surface area contributed by atoms with E-state index in [4.69, 9.17) is 14.3 Å². The zero-order valence-electron chi connectivity index (χ0n) is 10.9. The molecule has 2 heterocycles. The Kier molecular flexibility index (Phi) is 3.73. The summed E-state index contributed by atoms with van der Waals surface area (Å²) in [5.41, 5.74) is 0. The van der Waals surface area contributed by atoms with E-state index < -0.39 is 5.97 Å². The number of nitrogens with zero attached hydrogens (tertiary/aromatic N) is 1. The number of morpholine rings is 1. The molecule has 3 unspecified atom stereocenters. The first-order valence-electron chi connectivity index (χ1n) is 6.20. The van der Waals surface area contributed by atoms with Gasteiger partial charge in [-0.3, -0.25) is 4.90 Å². The molecule has 1 aromatic rings. The number of ether oxygens (including phenoxy) is 1. The van der Waals surface area contributed by atoms with Crippen LogP contribution in [0.4, 0.5) is 0 Å². The van der Waals surface area contributed by atoms with E-state index in [9.17, 15) is 4.79 Å². The van der Waals surface area contributed by atoms with Crippen LogP contribution in [0.2, 0.25) is 0 Å². The Morgan fingerprint density at radius 1 is 1.39 bits per heavy atom. The molecule has 3 atom stereocenters. The molecule has 1 fully saturated rings. The van der Waals surface area contributed by atoms with Gasteiger partial charge in [0.2, 0.25) is 5.76 Å². The maximum atomic E-state index is 10.8. The van der Waals surface area contributed by atoms with Crippen LogP contribution in [-0.4, -0.2) is 41.3 Å². The topological polar surface area (TPSA) is 62.9 Å². The van der Waals surface area contributed by atoms with Crippen LogP contribution < -0.4 is 0 Å². The minimum absolute atomic E-state index is 0.00814. The Labute approximate surface area is 106 Å². The summed E-state index contributed by atoms with van der Waals surface area (Å²) in [7, 11) is 0. The molecule has 2 rings (SSSR count). The summed E-state index contributed by atoms with van der Waals surface area (Å²) in [4.78, 5) is 13.0. The van der Waals surface area contributed by atoms with Crippen molar-refractivity contribution in [2.75, 3.05) is 13.1 Å². The monoisotopic (exact) mass is 253 g/mol. The van der Waals surface area contributed by atoms with Crippen LogP contribution in [0.5, 0.6) is 0 Å². The van der Waals surface area contributed by atoms with Crippen molar-refractivity contribution < 1.29 is 19.1 Å². The molecule has 0 radical (unpaired) electrons. The van der Waals surface area contributed by atoms with Gasteiger partial charge in [0.1, 0.15) is 5.76 Å². The summed E-state index contributed by atoms with van der Waals surface area (Å²) < 4.78 is 11.0. The van der Waals surface area contributed by atoms with Crippen molar-refractivity contribution in [3.8, 4) is 0 Å². The van der Waals surface area contributed by atoms with Crippen LogP contribution in [0, 0.1) is 0 Å². The molecular weight excluding hydrogens is 234 g/mol. The zero-order valence-corrected chi connectivity index (χ0v) is 10.9. The molecule has 1 saturated heterocycles. The first kappa shape index (κ1) is 13.1. The van der Waals surface area contributed by atoms with Gasteiger partial charge in [0.05, 0.1) is 18.2 Å². The molecule has 5 nitrogen and oxygen atoms in total. The molecule has 100 valence electrons. The number of furan rings is 1. The molecule has 1 aliphatic heterocycles. The third kappa shape index (κ3) is 2.73. The Morgan fingerprint density at radius 2 is 2.00 bits per heavy atom. The predicted molar refractivity (Wildman–Crippen MR) is 65.7 cm³/mol. The van der Waals surface area contributed by atoms with E-state index in [1.54, 1.807) is 6.07 Å². The van der Waals surface area contributed by atoms with Crippen LogP contribution in [0.3, 0.4) is 0 Å². The first-order valence-corrected chi connectivity index (χ1v) is 6.20. The van der Waals surface area contributed by atoms with E-state index in [1.807, 2.05) is 20.8 Å². The maximum Gasteiger partial charge on any atom is 0.371 e. The standard InChI is InChI=1S/C13H19NO4/c1-8-6-14(7-9(2)17-8)10(3)11-4-5-12(18-11)13(15)16/h4-5,8-10H,6-7H2,1-3H3,(H,15,16). The van der Waals surface area contributed by atoms with E-state index in [0.29, 0.717) is 5.76 Å². The van der Waals surface area contributed by atoms with E-state index in [0.717, 1.165) is 13.1 Å². The van der Waals surface area contributed by atoms with Gasteiger partial charge >= 0.3 is 5.97 Å². The lowest BCUT2D eigenvalue weighted by Gasteiger charge is -2.38. The average Bonchev–Trinajstić information content (AvgIpc) is 2.75. The van der Waals surface area contributed by atoms with E-state index in [-0.39, 0.29) is 24.0 Å². The number of hydrogen-bond acceptors (Lipinski definition) is 4. The maximum absolute atomic E-state index is 10.8. The number of rotatable bonds is 3. The van der Waals surface area contributed by atoms with E-state index in [2.05, 4.69) is 4.90 Å². The summed E-state index contributed by atoms with van der Waals surface area (Å²) in [6.07, 6.45) is 0.371. The molecule has 0 amide bonds. The van der Waals surface area contributed by atoms with Crippen molar-refractivity contribution in [3.63, 3.8) is 0 Å². The number of carboxylic acids is 1. The Bertz CT molecular complexity index is 418. The van der Waals surface area contributed by atoms with Gasteiger partial charge in [-0.25, -0.2) is 4.79 Å². The third-order valence-electron chi connectivity index (χ3n) is 3.24. The van der Waals surface area contributed by atoms with Crippen LogP contribution in [0.15, 0.2) is 16.5 Å². The summed E-state index contributed by atoms with van der Waals surface area (Å²) in [6, 6.07) is 3.30. The second-order valence-corrected chi connectivity index (χ2v) is 4.89. The summed E-state index contributed by atoms with van der Waals surface area (Å²) in [5.74, 6) is -0.350. The highest BCUT2D eigenvalue weighted by atomic mass is 16.5. The zero-order chi connectivity index (χ0) is 13.3. The fraction of sp³-hybridized carbons (Fsp3) is 0.615. The quantitative estimate of drug-likeness (QED) is 0.894. The normalized spacial score (nSPS) is 27.1. The van der Waals surface area contributed by atoms with Crippen LogP contribution in [0.25, 0.3) is 0 Å². The van der Waals surface area contributed by atoms with Gasteiger partial charge in [-0.1, -0.05) is 0 Å². The molecule has 0 saturated carbocycles. The predicted octanol–water partition coefficient (Wildman–Crippen LogP) is 2.15. The minimum atomic E-state index is -1.03. The highest BCUT2D eigenvalue weighted by Gasteiger charge is 2.28. The molecule has 0 spiro atoms. The largest absolute Gasteiger partial charge is 0.475 e. The van der Waals surface area contributed by atoms with Gasteiger partial charge in [0.25, 0.3) is 0 Å². The van der Waals surface area contributed by atoms with Gasteiger partial charge in [-0.05, 0) is 32.9 Å². The van der Waals surface area contributed by atoms with E-state index in [1.165, 1.54) is 6.07 Å². The minimum Gasteiger partial charge on any atom is -0.475 e. The van der Waals surface area contributed by atoms with E-state index >= 15 is 0 Å². The highest BCUT2D eigenvalue weighted by molar-refractivity contribution is 5.84. The third-order valence-corrected chi connectivity index (χ3v) is 3.24. The van der Waals surface area contributed by atoms with Crippen molar-refractivity contribution in [3.05, 3.63) is 23.7 Å². The fourth-order valence-electron chi connectivity index (χ4n) is 2.41. The Hall–Kier alpha value is -1.33. The van der Waals surface area contributed by atoms with Gasteiger partial charge < -0.3 is 14.3 Å². The lowest BCUT2D eigenvalue weighted by molar-refractivity contribution is -0.0809.